The molecule has 2 atom stereocenters. The van der Waals surface area contributed by atoms with E-state index in [0.29, 0.717) is 19.0 Å². The maximum atomic E-state index is 12.2. The summed E-state index contributed by atoms with van der Waals surface area (Å²) in [6.45, 7) is 8.85. The lowest BCUT2D eigenvalue weighted by atomic mass is 9.99. The Balaban J connectivity index is 1.76. The summed E-state index contributed by atoms with van der Waals surface area (Å²) in [5.74, 6) is 1.31. The van der Waals surface area contributed by atoms with Crippen LogP contribution in [0.15, 0.2) is 23.5 Å². The normalized spacial score (nSPS) is 26.2. The molecule has 3 heterocycles. The lowest BCUT2D eigenvalue weighted by Crippen LogP contribution is -2.55. The summed E-state index contributed by atoms with van der Waals surface area (Å²) in [6.07, 6.45) is 4.68. The number of amidine groups is 1. The first kappa shape index (κ1) is 18.6. The summed E-state index contributed by atoms with van der Waals surface area (Å²) < 4.78 is 11.3. The maximum Gasteiger partial charge on any atom is 0.262 e. The number of fused-ring (bicyclic) bond motifs is 3. The summed E-state index contributed by atoms with van der Waals surface area (Å²) in [5.41, 5.74) is 5.32. The van der Waals surface area contributed by atoms with Gasteiger partial charge in [-0.05, 0) is 51.9 Å². The molecule has 0 unspecified atom stereocenters. The van der Waals surface area contributed by atoms with Crippen molar-refractivity contribution < 1.29 is 14.3 Å². The Morgan fingerprint density at radius 3 is 3.11 bits per heavy atom. The van der Waals surface area contributed by atoms with E-state index in [1.807, 2.05) is 37.0 Å². The van der Waals surface area contributed by atoms with Gasteiger partial charge in [0.15, 0.2) is 5.84 Å². The summed E-state index contributed by atoms with van der Waals surface area (Å²) in [5, 5.41) is 11.3. The van der Waals surface area contributed by atoms with Crippen LogP contribution >= 0.6 is 0 Å². The molecule has 3 aliphatic rings. The van der Waals surface area contributed by atoms with Gasteiger partial charge in [0.05, 0.1) is 18.6 Å². The van der Waals surface area contributed by atoms with Crippen LogP contribution < -0.4 is 25.7 Å². The third kappa shape index (κ3) is 3.40. The van der Waals surface area contributed by atoms with Gasteiger partial charge in [0, 0.05) is 23.3 Å². The average molecular weight is 385 g/mol. The number of carbonyl (C=O) groups is 1. The number of nitrogens with one attached hydrogen (secondary N) is 3. The van der Waals surface area contributed by atoms with Crippen LogP contribution in [0.25, 0.3) is 6.08 Å². The summed E-state index contributed by atoms with van der Waals surface area (Å²) >= 11 is 0. The third-order valence-electron chi connectivity index (χ3n) is 5.40. The molecule has 3 aliphatic heterocycles. The first-order valence-corrected chi connectivity index (χ1v) is 9.74. The van der Waals surface area contributed by atoms with Crippen molar-refractivity contribution in [3.63, 3.8) is 0 Å². The van der Waals surface area contributed by atoms with Gasteiger partial charge < -0.3 is 25.0 Å². The van der Waals surface area contributed by atoms with Crippen molar-refractivity contribution in [2.75, 3.05) is 36.5 Å². The first-order chi connectivity index (χ1) is 13.5. The Hall–Kier alpha value is -2.74. The lowest BCUT2D eigenvalue weighted by molar-refractivity contribution is -0.122. The van der Waals surface area contributed by atoms with E-state index in [1.54, 1.807) is 6.26 Å². The SMILES string of the molecule is CCO/C=C/c1cc2c(cc1N[C@@]1(C)CCNC1)N1C(=NNC(=O)[C@@H]1C)CO2. The molecule has 0 bridgehead atoms. The Bertz CT molecular complexity index is 829. The average Bonchev–Trinajstić information content (AvgIpc) is 3.11. The van der Waals surface area contributed by atoms with Crippen LogP contribution in [-0.2, 0) is 9.53 Å². The fourth-order valence-corrected chi connectivity index (χ4v) is 3.80. The number of benzene rings is 1. The smallest absolute Gasteiger partial charge is 0.262 e. The first-order valence-electron chi connectivity index (χ1n) is 9.74. The van der Waals surface area contributed by atoms with E-state index in [0.717, 1.165) is 42.2 Å². The molecule has 1 aromatic carbocycles. The van der Waals surface area contributed by atoms with Gasteiger partial charge in [-0.15, -0.1) is 0 Å². The van der Waals surface area contributed by atoms with Gasteiger partial charge in [-0.25, -0.2) is 5.43 Å². The number of hydrogen-bond donors (Lipinski definition) is 3. The molecule has 4 rings (SSSR count). The zero-order valence-electron chi connectivity index (χ0n) is 16.5. The van der Waals surface area contributed by atoms with Crippen LogP contribution in [0.5, 0.6) is 5.75 Å². The lowest BCUT2D eigenvalue weighted by Gasteiger charge is -2.39. The van der Waals surface area contributed by atoms with Crippen LogP contribution in [0.4, 0.5) is 11.4 Å². The minimum absolute atomic E-state index is 0.0419. The van der Waals surface area contributed by atoms with Gasteiger partial charge in [0.2, 0.25) is 0 Å². The number of carbonyl (C=O) groups excluding carboxylic acids is 1. The van der Waals surface area contributed by atoms with Gasteiger partial charge in [0.25, 0.3) is 5.91 Å². The van der Waals surface area contributed by atoms with Gasteiger partial charge >= 0.3 is 0 Å². The van der Waals surface area contributed by atoms with E-state index < -0.39 is 0 Å². The van der Waals surface area contributed by atoms with E-state index in [-0.39, 0.29) is 17.5 Å². The van der Waals surface area contributed by atoms with Gasteiger partial charge in [-0.2, -0.15) is 5.10 Å². The predicted octanol–water partition coefficient (Wildman–Crippen LogP) is 1.89. The molecule has 8 nitrogen and oxygen atoms in total. The van der Waals surface area contributed by atoms with Crippen LogP contribution in [0.1, 0.15) is 32.8 Å². The quantitative estimate of drug-likeness (QED) is 0.671. The molecule has 1 saturated heterocycles. The van der Waals surface area contributed by atoms with Crippen LogP contribution in [0.2, 0.25) is 0 Å². The zero-order valence-corrected chi connectivity index (χ0v) is 16.5. The minimum Gasteiger partial charge on any atom is -0.501 e. The fraction of sp³-hybridized carbons (Fsp3) is 0.500. The van der Waals surface area contributed by atoms with E-state index in [9.17, 15) is 4.79 Å². The molecule has 0 radical (unpaired) electrons. The molecular formula is C20H27N5O3. The van der Waals surface area contributed by atoms with Crippen LogP contribution in [0, 0.1) is 0 Å². The van der Waals surface area contributed by atoms with E-state index >= 15 is 0 Å². The molecule has 0 spiro atoms. The second-order valence-electron chi connectivity index (χ2n) is 7.62. The standard InChI is InChI=1S/C20H27N5O3/c1-4-27-8-5-14-9-17-16(10-15(14)22-20(3)6-7-21-12-20)25-13(2)19(26)24-23-18(25)11-28-17/h5,8-10,13,21-22H,4,6-7,11-12H2,1-3H3,(H,24,26)/b8-5+/t13-,20-/m0/s1. The van der Waals surface area contributed by atoms with Crippen molar-refractivity contribution in [2.24, 2.45) is 5.10 Å². The molecule has 1 amide bonds. The van der Waals surface area contributed by atoms with E-state index in [1.165, 1.54) is 0 Å². The van der Waals surface area contributed by atoms with Crippen molar-refractivity contribution in [3.05, 3.63) is 24.0 Å². The number of nitrogens with zero attached hydrogens (tertiary/aromatic N) is 2. The number of hydrazone groups is 1. The summed E-state index contributed by atoms with van der Waals surface area (Å²) in [6, 6.07) is 3.69. The highest BCUT2D eigenvalue weighted by Gasteiger charge is 2.36. The molecular weight excluding hydrogens is 358 g/mol. The van der Waals surface area contributed by atoms with Crippen molar-refractivity contribution in [1.82, 2.24) is 10.7 Å². The van der Waals surface area contributed by atoms with Crippen LogP contribution in [-0.4, -0.2) is 49.6 Å². The number of hydrogen-bond acceptors (Lipinski definition) is 7. The zero-order chi connectivity index (χ0) is 19.7. The summed E-state index contributed by atoms with van der Waals surface area (Å²) in [7, 11) is 0. The topological polar surface area (TPSA) is 87.2 Å². The van der Waals surface area contributed by atoms with Crippen molar-refractivity contribution in [1.29, 1.82) is 0 Å². The van der Waals surface area contributed by atoms with Crippen molar-refractivity contribution >= 4 is 29.2 Å². The van der Waals surface area contributed by atoms with Crippen molar-refractivity contribution in [3.8, 4) is 5.75 Å². The Kier molecular flexibility index (Phi) is 4.89. The highest BCUT2D eigenvalue weighted by Crippen LogP contribution is 2.40. The fourth-order valence-electron chi connectivity index (χ4n) is 3.80. The molecule has 1 aromatic rings. The van der Waals surface area contributed by atoms with Gasteiger partial charge in [-0.1, -0.05) is 0 Å². The Morgan fingerprint density at radius 1 is 1.50 bits per heavy atom. The largest absolute Gasteiger partial charge is 0.501 e. The highest BCUT2D eigenvalue weighted by molar-refractivity contribution is 6.09. The second-order valence-corrected chi connectivity index (χ2v) is 7.62. The van der Waals surface area contributed by atoms with Crippen molar-refractivity contribution in [2.45, 2.75) is 38.8 Å². The monoisotopic (exact) mass is 385 g/mol. The number of ether oxygens (including phenoxy) is 2. The minimum atomic E-state index is -0.350. The molecule has 28 heavy (non-hydrogen) atoms. The van der Waals surface area contributed by atoms with Gasteiger partial charge in [-0.3, -0.25) is 4.79 Å². The van der Waals surface area contributed by atoms with E-state index in [2.05, 4.69) is 28.1 Å². The molecule has 150 valence electrons. The highest BCUT2D eigenvalue weighted by atomic mass is 16.5. The summed E-state index contributed by atoms with van der Waals surface area (Å²) in [4.78, 5) is 14.1. The maximum absolute atomic E-state index is 12.2. The number of anilines is 2. The molecule has 8 heteroatoms. The number of rotatable bonds is 5. The predicted molar refractivity (Wildman–Crippen MR) is 110 cm³/mol. The molecule has 3 N–H and O–H groups in total. The third-order valence-corrected chi connectivity index (χ3v) is 5.40. The molecule has 0 saturated carbocycles. The molecule has 1 fully saturated rings. The Morgan fingerprint density at radius 2 is 2.36 bits per heavy atom. The number of amides is 1. The van der Waals surface area contributed by atoms with Crippen LogP contribution in [0.3, 0.4) is 0 Å². The van der Waals surface area contributed by atoms with E-state index in [4.69, 9.17) is 9.47 Å². The Labute approximate surface area is 164 Å². The second kappa shape index (κ2) is 7.35. The molecule has 0 aromatic heterocycles. The molecule has 0 aliphatic carbocycles. The van der Waals surface area contributed by atoms with Gasteiger partial charge in [0.1, 0.15) is 18.4 Å².